The van der Waals surface area contributed by atoms with Crippen molar-refractivity contribution >= 4 is 16.7 Å². The summed E-state index contributed by atoms with van der Waals surface area (Å²) < 4.78 is 5.29. The molecule has 1 aromatic heterocycles. The van der Waals surface area contributed by atoms with E-state index in [2.05, 4.69) is 23.3 Å². The largest absolute Gasteiger partial charge is 0.494 e. The van der Waals surface area contributed by atoms with Gasteiger partial charge >= 0.3 is 0 Å². The van der Waals surface area contributed by atoms with Crippen LogP contribution in [0, 0.1) is 6.92 Å². The summed E-state index contributed by atoms with van der Waals surface area (Å²) in [4.78, 5) is 4.49. The smallest absolute Gasteiger partial charge is 0.145 e. The Balaban J connectivity index is 2.79. The Morgan fingerprint density at radius 2 is 2.13 bits per heavy atom. The second-order valence-electron chi connectivity index (χ2n) is 3.43. The molecule has 0 aliphatic heterocycles. The fourth-order valence-corrected chi connectivity index (χ4v) is 1.68. The van der Waals surface area contributed by atoms with Crippen LogP contribution in [0.25, 0.3) is 10.9 Å². The van der Waals surface area contributed by atoms with Gasteiger partial charge in [0.1, 0.15) is 17.1 Å². The number of aryl methyl sites for hydroxylation is 1. The average molecular weight is 202 g/mol. The van der Waals surface area contributed by atoms with Gasteiger partial charge in [0.2, 0.25) is 0 Å². The quantitative estimate of drug-likeness (QED) is 0.812. The van der Waals surface area contributed by atoms with Crippen LogP contribution in [0.5, 0.6) is 5.75 Å². The number of methoxy groups -OCH3 is 1. The monoisotopic (exact) mass is 202 g/mol. The zero-order valence-electron chi connectivity index (χ0n) is 9.16. The highest BCUT2D eigenvalue weighted by molar-refractivity contribution is 5.88. The van der Waals surface area contributed by atoms with Crippen molar-refractivity contribution in [3.8, 4) is 5.75 Å². The number of aromatic nitrogens is 1. The number of hydrogen-bond donors (Lipinski definition) is 1. The molecule has 15 heavy (non-hydrogen) atoms. The molecular formula is C12H14N2O. The van der Waals surface area contributed by atoms with Crippen LogP contribution in [-0.4, -0.2) is 19.1 Å². The Kier molecular flexibility index (Phi) is 2.46. The van der Waals surface area contributed by atoms with E-state index in [1.54, 1.807) is 7.11 Å². The van der Waals surface area contributed by atoms with Crippen LogP contribution >= 0.6 is 0 Å². The van der Waals surface area contributed by atoms with Crippen molar-refractivity contribution in [1.29, 1.82) is 0 Å². The minimum atomic E-state index is 0.813. The molecule has 0 fully saturated rings. The molecule has 1 heterocycles. The Morgan fingerprint density at radius 3 is 2.80 bits per heavy atom. The molecule has 0 radical (unpaired) electrons. The molecule has 0 aliphatic carbocycles. The Labute approximate surface area is 89.1 Å². The van der Waals surface area contributed by atoms with Crippen molar-refractivity contribution in [1.82, 2.24) is 4.98 Å². The van der Waals surface area contributed by atoms with E-state index in [-0.39, 0.29) is 0 Å². The predicted octanol–water partition coefficient (Wildman–Crippen LogP) is 2.59. The highest BCUT2D eigenvalue weighted by Crippen LogP contribution is 2.27. The van der Waals surface area contributed by atoms with Crippen LogP contribution in [0.4, 0.5) is 5.82 Å². The Bertz CT molecular complexity index is 494. The van der Waals surface area contributed by atoms with Crippen molar-refractivity contribution in [2.24, 2.45) is 0 Å². The summed E-state index contributed by atoms with van der Waals surface area (Å²) in [5.74, 6) is 1.68. The number of pyridine rings is 1. The van der Waals surface area contributed by atoms with Gasteiger partial charge in [-0.25, -0.2) is 4.98 Å². The van der Waals surface area contributed by atoms with Gasteiger partial charge in [-0.2, -0.15) is 0 Å². The first kappa shape index (κ1) is 9.77. The molecule has 0 spiro atoms. The number of rotatable bonds is 2. The van der Waals surface area contributed by atoms with Gasteiger partial charge in [0.25, 0.3) is 0 Å². The predicted molar refractivity (Wildman–Crippen MR) is 62.6 cm³/mol. The van der Waals surface area contributed by atoms with E-state index in [0.29, 0.717) is 0 Å². The number of benzene rings is 1. The fraction of sp³-hybridized carbons (Fsp3) is 0.250. The number of fused-ring (bicyclic) bond motifs is 1. The normalized spacial score (nSPS) is 10.3. The number of nitrogens with zero attached hydrogens (tertiary/aromatic N) is 1. The molecule has 2 aromatic rings. The molecule has 0 aliphatic rings. The maximum absolute atomic E-state index is 5.29. The summed E-state index contributed by atoms with van der Waals surface area (Å²) in [6.45, 7) is 2.07. The Morgan fingerprint density at radius 1 is 1.33 bits per heavy atom. The van der Waals surface area contributed by atoms with E-state index in [1.807, 2.05) is 25.2 Å². The van der Waals surface area contributed by atoms with E-state index in [9.17, 15) is 0 Å². The van der Waals surface area contributed by atoms with E-state index < -0.39 is 0 Å². The van der Waals surface area contributed by atoms with Crippen molar-refractivity contribution < 1.29 is 4.74 Å². The van der Waals surface area contributed by atoms with E-state index in [1.165, 1.54) is 5.56 Å². The van der Waals surface area contributed by atoms with Gasteiger partial charge in [-0.3, -0.25) is 0 Å². The molecule has 1 aromatic carbocycles. The van der Waals surface area contributed by atoms with Crippen molar-refractivity contribution in [2.75, 3.05) is 19.5 Å². The standard InChI is InChI=1S/C12H14N2O/c1-8-7-11(13-2)14-12-9(8)5-4-6-10(12)15-3/h4-7H,1-3H3,(H,13,14). The van der Waals surface area contributed by atoms with Crippen LogP contribution in [0.1, 0.15) is 5.56 Å². The summed E-state index contributed by atoms with van der Waals surface area (Å²) in [5.41, 5.74) is 2.10. The van der Waals surface area contributed by atoms with E-state index >= 15 is 0 Å². The summed E-state index contributed by atoms with van der Waals surface area (Å²) >= 11 is 0. The number of anilines is 1. The number of ether oxygens (including phenoxy) is 1. The lowest BCUT2D eigenvalue weighted by molar-refractivity contribution is 0.419. The van der Waals surface area contributed by atoms with Gasteiger partial charge in [-0.15, -0.1) is 0 Å². The fourth-order valence-electron chi connectivity index (χ4n) is 1.68. The molecule has 78 valence electrons. The summed E-state index contributed by atoms with van der Waals surface area (Å²) in [6.07, 6.45) is 0. The van der Waals surface area contributed by atoms with E-state index in [4.69, 9.17) is 4.74 Å². The van der Waals surface area contributed by atoms with Gasteiger partial charge in [-0.1, -0.05) is 12.1 Å². The third-order valence-electron chi connectivity index (χ3n) is 2.49. The molecule has 0 bridgehead atoms. The molecule has 2 rings (SSSR count). The molecular weight excluding hydrogens is 188 g/mol. The van der Waals surface area contributed by atoms with Gasteiger partial charge in [0.15, 0.2) is 0 Å². The maximum atomic E-state index is 5.29. The highest BCUT2D eigenvalue weighted by atomic mass is 16.5. The summed E-state index contributed by atoms with van der Waals surface area (Å²) in [5, 5.41) is 4.18. The molecule has 0 saturated heterocycles. The minimum Gasteiger partial charge on any atom is -0.494 e. The van der Waals surface area contributed by atoms with Crippen LogP contribution in [0.2, 0.25) is 0 Å². The second kappa shape index (κ2) is 3.77. The average Bonchev–Trinajstić information content (AvgIpc) is 2.28. The third kappa shape index (κ3) is 1.61. The SMILES string of the molecule is CNc1cc(C)c2cccc(OC)c2n1. The van der Waals surface area contributed by atoms with Crippen molar-refractivity contribution in [2.45, 2.75) is 6.92 Å². The number of nitrogens with one attached hydrogen (secondary N) is 1. The van der Waals surface area contributed by atoms with Gasteiger partial charge in [-0.05, 0) is 24.6 Å². The van der Waals surface area contributed by atoms with Gasteiger partial charge in [0.05, 0.1) is 7.11 Å². The molecule has 3 heteroatoms. The van der Waals surface area contributed by atoms with Crippen LogP contribution in [-0.2, 0) is 0 Å². The van der Waals surface area contributed by atoms with Gasteiger partial charge in [0, 0.05) is 12.4 Å². The highest BCUT2D eigenvalue weighted by Gasteiger charge is 2.06. The zero-order valence-corrected chi connectivity index (χ0v) is 9.16. The minimum absolute atomic E-state index is 0.813. The maximum Gasteiger partial charge on any atom is 0.145 e. The summed E-state index contributed by atoms with van der Waals surface area (Å²) in [6, 6.07) is 7.99. The second-order valence-corrected chi connectivity index (χ2v) is 3.43. The molecule has 0 amide bonds. The number of hydrogen-bond acceptors (Lipinski definition) is 3. The topological polar surface area (TPSA) is 34.1 Å². The lowest BCUT2D eigenvalue weighted by atomic mass is 10.1. The van der Waals surface area contributed by atoms with Crippen molar-refractivity contribution in [3.05, 3.63) is 29.8 Å². The molecule has 0 unspecified atom stereocenters. The third-order valence-corrected chi connectivity index (χ3v) is 2.49. The lowest BCUT2D eigenvalue weighted by Gasteiger charge is -2.08. The first-order valence-corrected chi connectivity index (χ1v) is 4.88. The molecule has 1 N–H and O–H groups in total. The molecule has 0 saturated carbocycles. The first-order valence-electron chi connectivity index (χ1n) is 4.88. The van der Waals surface area contributed by atoms with Crippen LogP contribution in [0.3, 0.4) is 0 Å². The van der Waals surface area contributed by atoms with Gasteiger partial charge < -0.3 is 10.1 Å². The number of para-hydroxylation sites is 1. The van der Waals surface area contributed by atoms with Crippen molar-refractivity contribution in [3.63, 3.8) is 0 Å². The Hall–Kier alpha value is -1.77. The molecule has 0 atom stereocenters. The van der Waals surface area contributed by atoms with Crippen LogP contribution < -0.4 is 10.1 Å². The first-order chi connectivity index (χ1) is 7.26. The lowest BCUT2D eigenvalue weighted by Crippen LogP contribution is -1.95. The van der Waals surface area contributed by atoms with Crippen LogP contribution in [0.15, 0.2) is 24.3 Å². The molecule has 3 nitrogen and oxygen atoms in total. The van der Waals surface area contributed by atoms with E-state index in [0.717, 1.165) is 22.5 Å². The zero-order chi connectivity index (χ0) is 10.8. The summed E-state index contributed by atoms with van der Waals surface area (Å²) in [7, 11) is 3.53.